The lowest BCUT2D eigenvalue weighted by atomic mass is 9.80. The molecule has 1 aromatic carbocycles. The maximum Gasteiger partial charge on any atom is 0.0406 e. The summed E-state index contributed by atoms with van der Waals surface area (Å²) in [7, 11) is 0. The van der Waals surface area contributed by atoms with E-state index in [1.807, 2.05) is 24.3 Å². The standard InChI is InChI=1S/C19H25Cl/c1-2-3-4-5-16-6-8-17(9-7-16)10-11-18-12-14-19(20)15-13-18/h12-17H,2-9H2,1H3. The first-order valence-electron chi connectivity index (χ1n) is 8.05. The third-order valence-corrected chi connectivity index (χ3v) is 4.58. The Morgan fingerprint density at radius 2 is 1.75 bits per heavy atom. The maximum absolute atomic E-state index is 5.88. The van der Waals surface area contributed by atoms with Crippen molar-refractivity contribution in [3.05, 3.63) is 34.9 Å². The molecule has 0 nitrogen and oxygen atoms in total. The van der Waals surface area contributed by atoms with Gasteiger partial charge in [-0.3, -0.25) is 0 Å². The van der Waals surface area contributed by atoms with Gasteiger partial charge in [-0.25, -0.2) is 0 Å². The quantitative estimate of drug-likeness (QED) is 0.465. The molecule has 108 valence electrons. The molecule has 0 atom stereocenters. The summed E-state index contributed by atoms with van der Waals surface area (Å²) in [5.41, 5.74) is 1.08. The van der Waals surface area contributed by atoms with Crippen molar-refractivity contribution in [3.63, 3.8) is 0 Å². The van der Waals surface area contributed by atoms with Crippen LogP contribution in [0.1, 0.15) is 63.9 Å². The molecule has 0 amide bonds. The summed E-state index contributed by atoms with van der Waals surface area (Å²) >= 11 is 5.88. The van der Waals surface area contributed by atoms with Crippen molar-refractivity contribution in [3.8, 4) is 11.8 Å². The lowest BCUT2D eigenvalue weighted by Gasteiger charge is -2.25. The van der Waals surface area contributed by atoms with Crippen LogP contribution in [0.15, 0.2) is 24.3 Å². The average molecular weight is 289 g/mol. The molecule has 0 aromatic heterocycles. The van der Waals surface area contributed by atoms with Crippen LogP contribution in [0.4, 0.5) is 0 Å². The van der Waals surface area contributed by atoms with Crippen LogP contribution in [0.2, 0.25) is 5.02 Å². The molecule has 1 aliphatic rings. The lowest BCUT2D eigenvalue weighted by Crippen LogP contribution is -2.13. The van der Waals surface area contributed by atoms with Crippen LogP contribution in [-0.2, 0) is 0 Å². The fourth-order valence-corrected chi connectivity index (χ4v) is 3.12. The fourth-order valence-electron chi connectivity index (χ4n) is 3.00. The zero-order chi connectivity index (χ0) is 14.2. The van der Waals surface area contributed by atoms with Crippen molar-refractivity contribution in [2.24, 2.45) is 11.8 Å². The normalized spacial score (nSPS) is 22.1. The fraction of sp³-hybridized carbons (Fsp3) is 0.579. The van der Waals surface area contributed by atoms with E-state index in [4.69, 9.17) is 11.6 Å². The van der Waals surface area contributed by atoms with Gasteiger partial charge in [0.2, 0.25) is 0 Å². The third-order valence-electron chi connectivity index (χ3n) is 4.33. The first-order chi connectivity index (χ1) is 9.78. The van der Waals surface area contributed by atoms with Gasteiger partial charge < -0.3 is 0 Å². The van der Waals surface area contributed by atoms with Gasteiger partial charge >= 0.3 is 0 Å². The van der Waals surface area contributed by atoms with E-state index in [0.29, 0.717) is 5.92 Å². The summed E-state index contributed by atoms with van der Waals surface area (Å²) in [5, 5.41) is 0.781. The Bertz CT molecular complexity index is 441. The number of hydrogen-bond acceptors (Lipinski definition) is 0. The maximum atomic E-state index is 5.88. The van der Waals surface area contributed by atoms with Crippen molar-refractivity contribution in [1.82, 2.24) is 0 Å². The molecule has 0 saturated heterocycles. The summed E-state index contributed by atoms with van der Waals surface area (Å²) in [5.74, 6) is 8.32. The van der Waals surface area contributed by atoms with E-state index < -0.39 is 0 Å². The Kier molecular flexibility index (Phi) is 6.48. The van der Waals surface area contributed by atoms with Gasteiger partial charge in [0, 0.05) is 16.5 Å². The number of unbranched alkanes of at least 4 members (excludes halogenated alkanes) is 2. The molecular formula is C19H25Cl. The molecule has 0 bridgehead atoms. The van der Waals surface area contributed by atoms with Gasteiger partial charge in [-0.05, 0) is 55.9 Å². The Morgan fingerprint density at radius 3 is 2.40 bits per heavy atom. The molecule has 1 fully saturated rings. The number of rotatable bonds is 4. The third kappa shape index (κ3) is 5.22. The first kappa shape index (κ1) is 15.5. The second kappa shape index (κ2) is 8.38. The molecule has 1 aromatic rings. The lowest BCUT2D eigenvalue weighted by molar-refractivity contribution is 0.294. The molecule has 0 N–H and O–H groups in total. The van der Waals surface area contributed by atoms with Gasteiger partial charge in [0.15, 0.2) is 0 Å². The zero-order valence-corrected chi connectivity index (χ0v) is 13.3. The molecule has 1 aliphatic carbocycles. The van der Waals surface area contributed by atoms with Crippen molar-refractivity contribution < 1.29 is 0 Å². The highest BCUT2D eigenvalue weighted by Gasteiger charge is 2.19. The van der Waals surface area contributed by atoms with Crippen LogP contribution in [0, 0.1) is 23.7 Å². The Morgan fingerprint density at radius 1 is 1.05 bits per heavy atom. The van der Waals surface area contributed by atoms with E-state index in [1.165, 1.54) is 51.4 Å². The summed E-state index contributed by atoms with van der Waals surface area (Å²) in [6, 6.07) is 7.84. The highest BCUT2D eigenvalue weighted by molar-refractivity contribution is 6.30. The topological polar surface area (TPSA) is 0 Å². The van der Waals surface area contributed by atoms with Gasteiger partial charge in [0.25, 0.3) is 0 Å². The number of benzene rings is 1. The summed E-state index contributed by atoms with van der Waals surface area (Å²) < 4.78 is 0. The van der Waals surface area contributed by atoms with Crippen LogP contribution in [0.3, 0.4) is 0 Å². The van der Waals surface area contributed by atoms with Gasteiger partial charge in [0.1, 0.15) is 0 Å². The summed E-state index contributed by atoms with van der Waals surface area (Å²) in [6.07, 6.45) is 10.9. The van der Waals surface area contributed by atoms with Crippen molar-refractivity contribution in [2.45, 2.75) is 58.3 Å². The highest BCUT2D eigenvalue weighted by Crippen LogP contribution is 2.31. The SMILES string of the molecule is CCCCCC1CCC(C#Cc2ccc(Cl)cc2)CC1. The molecule has 0 heterocycles. The second-order valence-electron chi connectivity index (χ2n) is 5.99. The van der Waals surface area contributed by atoms with E-state index >= 15 is 0 Å². The zero-order valence-electron chi connectivity index (χ0n) is 12.5. The predicted molar refractivity (Wildman–Crippen MR) is 87.9 cm³/mol. The van der Waals surface area contributed by atoms with E-state index in [0.717, 1.165) is 16.5 Å². The average Bonchev–Trinajstić information content (AvgIpc) is 2.48. The smallest absolute Gasteiger partial charge is 0.0406 e. The minimum absolute atomic E-state index is 0.605. The van der Waals surface area contributed by atoms with E-state index in [1.54, 1.807) is 0 Å². The molecule has 0 aliphatic heterocycles. The summed E-state index contributed by atoms with van der Waals surface area (Å²) in [4.78, 5) is 0. The van der Waals surface area contributed by atoms with Crippen LogP contribution in [-0.4, -0.2) is 0 Å². The van der Waals surface area contributed by atoms with Gasteiger partial charge in [-0.2, -0.15) is 0 Å². The number of halogens is 1. The number of hydrogen-bond donors (Lipinski definition) is 0. The summed E-state index contributed by atoms with van der Waals surface area (Å²) in [6.45, 7) is 2.28. The van der Waals surface area contributed by atoms with E-state index in [2.05, 4.69) is 18.8 Å². The Balaban J connectivity index is 1.76. The van der Waals surface area contributed by atoms with Gasteiger partial charge in [-0.1, -0.05) is 56.0 Å². The van der Waals surface area contributed by atoms with Crippen LogP contribution in [0.25, 0.3) is 0 Å². The van der Waals surface area contributed by atoms with E-state index in [-0.39, 0.29) is 0 Å². The molecule has 0 spiro atoms. The van der Waals surface area contributed by atoms with E-state index in [9.17, 15) is 0 Å². The Labute approximate surface area is 128 Å². The molecule has 1 heteroatoms. The van der Waals surface area contributed by atoms with Crippen molar-refractivity contribution >= 4 is 11.6 Å². The Hall–Kier alpha value is -0.930. The monoisotopic (exact) mass is 288 g/mol. The van der Waals surface area contributed by atoms with Crippen LogP contribution < -0.4 is 0 Å². The van der Waals surface area contributed by atoms with Gasteiger partial charge in [0.05, 0.1) is 0 Å². The highest BCUT2D eigenvalue weighted by atomic mass is 35.5. The van der Waals surface area contributed by atoms with Crippen molar-refractivity contribution in [2.75, 3.05) is 0 Å². The molecule has 20 heavy (non-hydrogen) atoms. The molecule has 1 saturated carbocycles. The second-order valence-corrected chi connectivity index (χ2v) is 6.43. The minimum Gasteiger partial charge on any atom is -0.0945 e. The molecule has 0 radical (unpaired) electrons. The van der Waals surface area contributed by atoms with Gasteiger partial charge in [-0.15, -0.1) is 0 Å². The largest absolute Gasteiger partial charge is 0.0945 e. The first-order valence-corrected chi connectivity index (χ1v) is 8.43. The minimum atomic E-state index is 0.605. The molecular weight excluding hydrogens is 264 g/mol. The van der Waals surface area contributed by atoms with Crippen LogP contribution in [0.5, 0.6) is 0 Å². The predicted octanol–water partition coefficient (Wildman–Crippen LogP) is 6.08. The van der Waals surface area contributed by atoms with Crippen molar-refractivity contribution in [1.29, 1.82) is 0 Å². The molecule has 0 unspecified atom stereocenters. The molecule has 2 rings (SSSR count). The van der Waals surface area contributed by atoms with Crippen LogP contribution >= 0.6 is 11.6 Å².